The minimum Gasteiger partial charge on any atom is -0.262 e. The van der Waals surface area contributed by atoms with Crippen LogP contribution < -0.4 is 0 Å². The van der Waals surface area contributed by atoms with Gasteiger partial charge >= 0.3 is 0 Å². The Kier molecular flexibility index (Phi) is 2.78. The third kappa shape index (κ3) is 1.54. The number of aromatic nitrogens is 1. The second-order valence-electron chi connectivity index (χ2n) is 1.72. The summed E-state index contributed by atoms with van der Waals surface area (Å²) in [5.74, 6) is 0.320. The van der Waals surface area contributed by atoms with Gasteiger partial charge in [-0.1, -0.05) is 23.2 Å². The predicted molar refractivity (Wildman–Crippen MR) is 43.8 cm³/mol. The van der Waals surface area contributed by atoms with Crippen molar-refractivity contribution >= 4 is 34.8 Å². The maximum Gasteiger partial charge on any atom is 0.0648 e. The Hall–Kier alpha value is 0.0200. The summed E-state index contributed by atoms with van der Waals surface area (Å²) in [7, 11) is 0. The lowest BCUT2D eigenvalue weighted by Gasteiger charge is -1.99. The number of nitrogens with zero attached hydrogens (tertiary/aromatic N) is 1. The van der Waals surface area contributed by atoms with Crippen molar-refractivity contribution in [2.75, 3.05) is 0 Å². The lowest BCUT2D eigenvalue weighted by molar-refractivity contribution is 1.27. The van der Waals surface area contributed by atoms with Crippen LogP contribution in [0.1, 0.15) is 5.56 Å². The van der Waals surface area contributed by atoms with Crippen molar-refractivity contribution in [1.82, 2.24) is 4.98 Å². The summed E-state index contributed by atoms with van der Waals surface area (Å²) >= 11 is 16.9. The molecule has 0 radical (unpaired) electrons. The average Bonchev–Trinajstić information content (AvgIpc) is 1.88. The smallest absolute Gasteiger partial charge is 0.0648 e. The average molecular weight is 196 g/mol. The molecule has 0 atom stereocenters. The summed E-state index contributed by atoms with van der Waals surface area (Å²) in [4.78, 5) is 3.77. The van der Waals surface area contributed by atoms with Crippen LogP contribution in [0.5, 0.6) is 0 Å². The SMILES string of the molecule is ClCc1c(Cl)cncc1Cl. The molecule has 0 saturated carbocycles. The van der Waals surface area contributed by atoms with Gasteiger partial charge in [0, 0.05) is 18.0 Å². The zero-order chi connectivity index (χ0) is 7.56. The third-order valence-electron chi connectivity index (χ3n) is 1.09. The van der Waals surface area contributed by atoms with Gasteiger partial charge in [0.2, 0.25) is 0 Å². The van der Waals surface area contributed by atoms with Gasteiger partial charge in [-0.05, 0) is 0 Å². The minimum absolute atomic E-state index is 0.320. The molecule has 0 amide bonds. The molecule has 0 aromatic carbocycles. The molecule has 0 aliphatic carbocycles. The van der Waals surface area contributed by atoms with Gasteiger partial charge in [0.25, 0.3) is 0 Å². The fourth-order valence-electron chi connectivity index (χ4n) is 0.566. The molecule has 54 valence electrons. The first kappa shape index (κ1) is 8.12. The number of pyridine rings is 1. The van der Waals surface area contributed by atoms with E-state index in [1.165, 1.54) is 12.4 Å². The van der Waals surface area contributed by atoms with E-state index in [1.54, 1.807) is 0 Å². The normalized spacial score (nSPS) is 9.90. The van der Waals surface area contributed by atoms with Gasteiger partial charge in [0.15, 0.2) is 0 Å². The monoisotopic (exact) mass is 195 g/mol. The van der Waals surface area contributed by atoms with Gasteiger partial charge < -0.3 is 0 Å². The number of alkyl halides is 1. The Bertz CT molecular complexity index is 216. The van der Waals surface area contributed by atoms with E-state index < -0.39 is 0 Å². The second kappa shape index (κ2) is 3.42. The van der Waals surface area contributed by atoms with Crippen molar-refractivity contribution in [3.05, 3.63) is 28.0 Å². The van der Waals surface area contributed by atoms with Gasteiger partial charge in [-0.15, -0.1) is 11.6 Å². The lowest BCUT2D eigenvalue weighted by atomic mass is 10.3. The number of hydrogen-bond donors (Lipinski definition) is 0. The first-order chi connectivity index (χ1) is 4.75. The van der Waals surface area contributed by atoms with Crippen molar-refractivity contribution in [3.8, 4) is 0 Å². The zero-order valence-electron chi connectivity index (χ0n) is 4.94. The Morgan fingerprint density at radius 2 is 1.70 bits per heavy atom. The van der Waals surface area contributed by atoms with Gasteiger partial charge in [0.05, 0.1) is 15.9 Å². The largest absolute Gasteiger partial charge is 0.262 e. The molecule has 0 N–H and O–H groups in total. The number of hydrogen-bond acceptors (Lipinski definition) is 1. The second-order valence-corrected chi connectivity index (χ2v) is 2.80. The molecule has 0 bridgehead atoms. The molecule has 0 spiro atoms. The highest BCUT2D eigenvalue weighted by molar-refractivity contribution is 6.36. The van der Waals surface area contributed by atoms with Crippen molar-refractivity contribution in [1.29, 1.82) is 0 Å². The van der Waals surface area contributed by atoms with E-state index in [0.717, 1.165) is 5.56 Å². The maximum atomic E-state index is 5.70. The van der Waals surface area contributed by atoms with Crippen LogP contribution in [0, 0.1) is 0 Å². The molecule has 0 saturated heterocycles. The molecule has 0 aliphatic heterocycles. The molecule has 0 aliphatic rings. The quantitative estimate of drug-likeness (QED) is 0.629. The topological polar surface area (TPSA) is 12.9 Å². The Labute approximate surface area is 73.9 Å². The van der Waals surface area contributed by atoms with E-state index in [2.05, 4.69) is 4.98 Å². The standard InChI is InChI=1S/C6H4Cl3N/c7-1-4-5(8)2-10-3-6(4)9/h2-3H,1H2. The number of halogens is 3. The Balaban J connectivity index is 3.17. The molecule has 1 rings (SSSR count). The molecule has 4 heteroatoms. The fraction of sp³-hybridized carbons (Fsp3) is 0.167. The first-order valence-corrected chi connectivity index (χ1v) is 3.88. The maximum absolute atomic E-state index is 5.70. The predicted octanol–water partition coefficient (Wildman–Crippen LogP) is 3.13. The van der Waals surface area contributed by atoms with E-state index in [4.69, 9.17) is 34.8 Å². The zero-order valence-corrected chi connectivity index (χ0v) is 7.21. The molecule has 10 heavy (non-hydrogen) atoms. The first-order valence-electron chi connectivity index (χ1n) is 2.59. The van der Waals surface area contributed by atoms with Crippen molar-refractivity contribution in [3.63, 3.8) is 0 Å². The van der Waals surface area contributed by atoms with Gasteiger partial charge in [-0.3, -0.25) is 4.98 Å². The van der Waals surface area contributed by atoms with Gasteiger partial charge in [-0.2, -0.15) is 0 Å². The molecular weight excluding hydrogens is 192 g/mol. The van der Waals surface area contributed by atoms with Crippen molar-refractivity contribution < 1.29 is 0 Å². The molecular formula is C6H4Cl3N. The summed E-state index contributed by atoms with van der Waals surface area (Å²) < 4.78 is 0. The van der Waals surface area contributed by atoms with Crippen LogP contribution in [0.25, 0.3) is 0 Å². The fourth-order valence-corrected chi connectivity index (χ4v) is 1.49. The molecule has 0 unspecified atom stereocenters. The lowest BCUT2D eigenvalue weighted by Crippen LogP contribution is -1.83. The highest BCUT2D eigenvalue weighted by atomic mass is 35.5. The van der Waals surface area contributed by atoms with Crippen LogP contribution in [0.3, 0.4) is 0 Å². The van der Waals surface area contributed by atoms with Crippen molar-refractivity contribution in [2.45, 2.75) is 5.88 Å². The van der Waals surface area contributed by atoms with Crippen LogP contribution >= 0.6 is 34.8 Å². The Morgan fingerprint density at radius 3 is 2.00 bits per heavy atom. The van der Waals surface area contributed by atoms with E-state index >= 15 is 0 Å². The van der Waals surface area contributed by atoms with E-state index in [9.17, 15) is 0 Å². The molecule has 1 aromatic rings. The summed E-state index contributed by atoms with van der Waals surface area (Å²) in [5.41, 5.74) is 0.736. The summed E-state index contributed by atoms with van der Waals surface area (Å²) in [6, 6.07) is 0. The Morgan fingerprint density at radius 1 is 1.20 bits per heavy atom. The van der Waals surface area contributed by atoms with E-state index in [-0.39, 0.29) is 0 Å². The minimum atomic E-state index is 0.320. The number of rotatable bonds is 1. The van der Waals surface area contributed by atoms with Crippen molar-refractivity contribution in [2.24, 2.45) is 0 Å². The van der Waals surface area contributed by atoms with Crippen LogP contribution in [-0.2, 0) is 5.88 Å². The van der Waals surface area contributed by atoms with E-state index in [1.807, 2.05) is 0 Å². The van der Waals surface area contributed by atoms with Crippen LogP contribution in [0.15, 0.2) is 12.4 Å². The van der Waals surface area contributed by atoms with Gasteiger partial charge in [0.1, 0.15) is 0 Å². The molecule has 0 fully saturated rings. The van der Waals surface area contributed by atoms with Gasteiger partial charge in [-0.25, -0.2) is 0 Å². The molecule has 1 nitrogen and oxygen atoms in total. The molecule has 1 heterocycles. The third-order valence-corrected chi connectivity index (χ3v) is 2.00. The summed E-state index contributed by atoms with van der Waals surface area (Å²) in [5, 5.41) is 1.03. The highest BCUT2D eigenvalue weighted by Crippen LogP contribution is 2.23. The van der Waals surface area contributed by atoms with E-state index in [0.29, 0.717) is 15.9 Å². The summed E-state index contributed by atoms with van der Waals surface area (Å²) in [6.45, 7) is 0. The van der Waals surface area contributed by atoms with Crippen LogP contribution in [0.2, 0.25) is 10.0 Å². The van der Waals surface area contributed by atoms with Crippen LogP contribution in [-0.4, -0.2) is 4.98 Å². The highest BCUT2D eigenvalue weighted by Gasteiger charge is 2.02. The summed E-state index contributed by atoms with van der Waals surface area (Å²) in [6.07, 6.45) is 3.04. The van der Waals surface area contributed by atoms with Crippen LogP contribution in [0.4, 0.5) is 0 Å². The molecule has 1 aromatic heterocycles.